The number of carbonyl (C=O) groups excluding carboxylic acids is 3. The Hall–Kier alpha value is -5.33. The van der Waals surface area contributed by atoms with Crippen LogP contribution in [0, 0.1) is 17.5 Å². The van der Waals surface area contributed by atoms with Crippen LogP contribution in [0.2, 0.25) is 0 Å². The van der Waals surface area contributed by atoms with E-state index in [2.05, 4.69) is 23.8 Å². The lowest BCUT2D eigenvalue weighted by atomic mass is 10.1. The fourth-order valence-electron chi connectivity index (χ4n) is 4.45. The molecule has 2 atom stereocenters. The fraction of sp³-hybridized carbons (Fsp3) is 0.314. The van der Waals surface area contributed by atoms with E-state index in [9.17, 15) is 32.3 Å². The quantitative estimate of drug-likeness (QED) is 0.219. The van der Waals surface area contributed by atoms with Crippen molar-refractivity contribution in [3.8, 4) is 5.75 Å². The van der Waals surface area contributed by atoms with Crippen LogP contribution < -0.4 is 25.8 Å². The maximum Gasteiger partial charge on any atom is 0.429 e. The molecular weight excluding hydrogens is 629 g/mol. The van der Waals surface area contributed by atoms with E-state index < -0.39 is 87.6 Å². The van der Waals surface area contributed by atoms with Crippen molar-refractivity contribution in [1.82, 2.24) is 15.3 Å². The molecule has 2 N–H and O–H groups in total. The van der Waals surface area contributed by atoms with Crippen molar-refractivity contribution in [1.29, 1.82) is 0 Å². The first kappa shape index (κ1) is 37.1. The Bertz CT molecular complexity index is 1710. The summed E-state index contributed by atoms with van der Waals surface area (Å²) in [6, 6.07) is 8.18. The lowest BCUT2D eigenvalue weighted by molar-refractivity contribution is 0.0517. The van der Waals surface area contributed by atoms with Crippen molar-refractivity contribution in [2.45, 2.75) is 71.9 Å². The van der Waals surface area contributed by atoms with Crippen molar-refractivity contribution in [2.24, 2.45) is 0 Å². The van der Waals surface area contributed by atoms with Crippen molar-refractivity contribution in [3.05, 3.63) is 124 Å². The number of halogens is 3. The Morgan fingerprint density at radius 1 is 1.02 bits per heavy atom. The van der Waals surface area contributed by atoms with Crippen LogP contribution in [0.4, 0.5) is 18.0 Å². The molecule has 0 spiro atoms. The minimum absolute atomic E-state index is 0.181. The van der Waals surface area contributed by atoms with Gasteiger partial charge >= 0.3 is 6.09 Å². The Kier molecular flexibility index (Phi) is 12.4. The largest absolute Gasteiger partial charge is 0.482 e. The molecular formula is C35H39F3N4O6. The predicted molar refractivity (Wildman–Crippen MR) is 175 cm³/mol. The zero-order valence-electron chi connectivity index (χ0n) is 27.4. The van der Waals surface area contributed by atoms with Gasteiger partial charge in [-0.1, -0.05) is 42.5 Å². The maximum atomic E-state index is 14.4. The summed E-state index contributed by atoms with van der Waals surface area (Å²) in [4.78, 5) is 55.2. The molecule has 0 aliphatic heterocycles. The molecule has 48 heavy (non-hydrogen) atoms. The first-order valence-electron chi connectivity index (χ1n) is 15.0. The molecule has 3 amide bonds. The van der Waals surface area contributed by atoms with E-state index >= 15 is 0 Å². The third-order valence-corrected chi connectivity index (χ3v) is 6.81. The highest BCUT2D eigenvalue weighted by atomic mass is 19.1. The summed E-state index contributed by atoms with van der Waals surface area (Å²) in [6.45, 7) is 14.6. The minimum atomic E-state index is -1.25. The zero-order chi connectivity index (χ0) is 35.8. The summed E-state index contributed by atoms with van der Waals surface area (Å²) in [7, 11) is 0. The monoisotopic (exact) mass is 668 g/mol. The number of ether oxygens (including phenoxy) is 2. The molecule has 256 valence electrons. The normalized spacial score (nSPS) is 12.3. The van der Waals surface area contributed by atoms with Gasteiger partial charge in [-0.2, -0.15) is 0 Å². The molecule has 1 heterocycles. The number of hydrogen-bond donors (Lipinski definition) is 2. The van der Waals surface area contributed by atoms with E-state index in [1.807, 2.05) is 0 Å². The fourth-order valence-corrected chi connectivity index (χ4v) is 4.45. The number of carbonyl (C=O) groups is 3. The van der Waals surface area contributed by atoms with Crippen molar-refractivity contribution < 1.29 is 37.0 Å². The zero-order valence-corrected chi connectivity index (χ0v) is 27.4. The molecule has 2 aromatic carbocycles. The first-order chi connectivity index (χ1) is 22.6. The molecule has 0 saturated carbocycles. The minimum Gasteiger partial charge on any atom is -0.482 e. The van der Waals surface area contributed by atoms with Crippen molar-refractivity contribution in [2.75, 3.05) is 5.01 Å². The number of pyridine rings is 1. The molecule has 0 bridgehead atoms. The van der Waals surface area contributed by atoms with Gasteiger partial charge in [0.2, 0.25) is 5.43 Å². The second-order valence-corrected chi connectivity index (χ2v) is 11.9. The van der Waals surface area contributed by atoms with E-state index in [4.69, 9.17) is 9.47 Å². The molecule has 0 saturated heterocycles. The lowest BCUT2D eigenvalue weighted by Crippen LogP contribution is -2.52. The van der Waals surface area contributed by atoms with E-state index in [1.165, 1.54) is 12.2 Å². The second-order valence-electron chi connectivity index (χ2n) is 11.9. The average molecular weight is 669 g/mol. The summed E-state index contributed by atoms with van der Waals surface area (Å²) < 4.78 is 54.8. The van der Waals surface area contributed by atoms with E-state index in [0.717, 1.165) is 15.9 Å². The lowest BCUT2D eigenvalue weighted by Gasteiger charge is -2.34. The Balaban J connectivity index is 2.31. The van der Waals surface area contributed by atoms with Crippen LogP contribution in [0.25, 0.3) is 0 Å². The summed E-state index contributed by atoms with van der Waals surface area (Å²) >= 11 is 0. The summed E-state index contributed by atoms with van der Waals surface area (Å²) in [6.07, 6.45) is 3.15. The molecule has 0 aliphatic carbocycles. The Labute approximate surface area is 276 Å². The number of rotatable bonds is 13. The Morgan fingerprint density at radius 3 is 2.21 bits per heavy atom. The van der Waals surface area contributed by atoms with Gasteiger partial charge in [0, 0.05) is 36.5 Å². The van der Waals surface area contributed by atoms with Gasteiger partial charge in [-0.3, -0.25) is 14.4 Å². The highest BCUT2D eigenvalue weighted by molar-refractivity contribution is 5.99. The van der Waals surface area contributed by atoms with Gasteiger partial charge in [-0.15, -0.1) is 13.2 Å². The summed E-state index contributed by atoms with van der Waals surface area (Å²) in [5.41, 5.74) is -3.20. The van der Waals surface area contributed by atoms with Crippen molar-refractivity contribution in [3.63, 3.8) is 0 Å². The molecule has 0 aliphatic rings. The molecule has 1 aromatic heterocycles. The van der Waals surface area contributed by atoms with Gasteiger partial charge in [-0.05, 0) is 46.6 Å². The van der Waals surface area contributed by atoms with Crippen LogP contribution in [0.5, 0.6) is 5.75 Å². The smallest absolute Gasteiger partial charge is 0.429 e. The van der Waals surface area contributed by atoms with Crippen LogP contribution in [0.1, 0.15) is 73.0 Å². The summed E-state index contributed by atoms with van der Waals surface area (Å²) in [5, 5.41) is 5.96. The van der Waals surface area contributed by atoms with Gasteiger partial charge in [0.25, 0.3) is 11.8 Å². The third-order valence-electron chi connectivity index (χ3n) is 6.81. The van der Waals surface area contributed by atoms with Crippen LogP contribution in [0.3, 0.4) is 0 Å². The standard InChI is InChI=1S/C35H39F3N4O6/c1-8-13-22(4)42(34(46)48-35(5,6)7)41-19-26(32(44)39-18-25-27(37)16-24(36)17-28(25)38)30(43)31(29(41)33(45)40-21(3)9-2)47-20-23-14-11-10-12-15-23/h8-12,14-17,19,21-22H,1-2,13,18,20H2,3-7H3,(H,39,44)(H,40,45)/t21-,22+/m0/s1. The predicted octanol–water partition coefficient (Wildman–Crippen LogP) is 5.92. The maximum absolute atomic E-state index is 14.4. The van der Waals surface area contributed by atoms with E-state index in [0.29, 0.717) is 17.7 Å². The van der Waals surface area contributed by atoms with Gasteiger partial charge < -0.3 is 20.1 Å². The topological polar surface area (TPSA) is 119 Å². The molecule has 10 nitrogen and oxygen atoms in total. The highest BCUT2D eigenvalue weighted by Gasteiger charge is 2.34. The average Bonchev–Trinajstić information content (AvgIpc) is 2.99. The van der Waals surface area contributed by atoms with Crippen LogP contribution in [-0.2, 0) is 17.9 Å². The molecule has 0 radical (unpaired) electrons. The number of nitrogens with zero attached hydrogens (tertiary/aromatic N) is 2. The van der Waals surface area contributed by atoms with Crippen LogP contribution >= 0.6 is 0 Å². The van der Waals surface area contributed by atoms with E-state index in [-0.39, 0.29) is 13.0 Å². The molecule has 0 unspecified atom stereocenters. The molecule has 3 aromatic rings. The second kappa shape index (κ2) is 16.0. The van der Waals surface area contributed by atoms with Gasteiger partial charge in [0.15, 0.2) is 11.4 Å². The number of hydrogen-bond acceptors (Lipinski definition) is 6. The van der Waals surface area contributed by atoms with Crippen LogP contribution in [-0.4, -0.2) is 40.3 Å². The number of benzene rings is 2. The number of nitrogens with one attached hydrogen (secondary N) is 2. The van der Waals surface area contributed by atoms with E-state index in [1.54, 1.807) is 65.0 Å². The van der Waals surface area contributed by atoms with Gasteiger partial charge in [-0.25, -0.2) is 27.7 Å². The van der Waals surface area contributed by atoms with Crippen LogP contribution in [0.15, 0.2) is 78.8 Å². The Morgan fingerprint density at radius 2 is 1.65 bits per heavy atom. The molecule has 3 rings (SSSR count). The SMILES string of the molecule is C=CC[C@@H](C)N(C(=O)OC(C)(C)C)n1cc(C(=O)NCc2c(F)cc(F)cc2F)c(=O)c(OCc2ccccc2)c1C(=O)N[C@@H](C)C=C. The molecule has 0 fully saturated rings. The van der Waals surface area contributed by atoms with Crippen molar-refractivity contribution >= 4 is 17.9 Å². The third kappa shape index (κ3) is 9.36. The van der Waals surface area contributed by atoms with Gasteiger partial charge in [0.05, 0.1) is 6.04 Å². The van der Waals surface area contributed by atoms with Gasteiger partial charge in [0.1, 0.15) is 35.2 Å². The summed E-state index contributed by atoms with van der Waals surface area (Å²) in [5.74, 6) is -6.25. The number of aromatic nitrogens is 1. The highest BCUT2D eigenvalue weighted by Crippen LogP contribution is 2.23. The number of amides is 3. The first-order valence-corrected chi connectivity index (χ1v) is 15.0. The molecule has 13 heteroatoms.